The van der Waals surface area contributed by atoms with Crippen molar-refractivity contribution in [1.29, 1.82) is 0 Å². The number of esters is 1. The molecule has 0 saturated carbocycles. The van der Waals surface area contributed by atoms with Gasteiger partial charge < -0.3 is 9.84 Å². The van der Waals surface area contributed by atoms with Gasteiger partial charge in [0, 0.05) is 19.4 Å². The third kappa shape index (κ3) is 5.36. The summed E-state index contributed by atoms with van der Waals surface area (Å²) in [7, 11) is 0. The van der Waals surface area contributed by atoms with Gasteiger partial charge in [0.2, 0.25) is 0 Å². The zero-order valence-electron chi connectivity index (χ0n) is 13.2. The Morgan fingerprint density at radius 2 is 1.90 bits per heavy atom. The maximum Gasteiger partial charge on any atom is 0.408 e. The minimum absolute atomic E-state index is 0.0362. The van der Waals surface area contributed by atoms with E-state index in [-0.39, 0.29) is 18.2 Å². The topological polar surface area (TPSA) is 83.9 Å². The van der Waals surface area contributed by atoms with E-state index in [2.05, 4.69) is 0 Å². The van der Waals surface area contributed by atoms with Crippen molar-refractivity contribution in [3.63, 3.8) is 0 Å². The molecule has 1 N–H and O–H groups in total. The predicted octanol–water partition coefficient (Wildman–Crippen LogP) is 2.46. The van der Waals surface area contributed by atoms with Crippen LogP contribution in [-0.2, 0) is 14.3 Å². The van der Waals surface area contributed by atoms with Gasteiger partial charge in [0.15, 0.2) is 0 Å². The summed E-state index contributed by atoms with van der Waals surface area (Å²) >= 11 is 0. The molecule has 0 aromatic carbocycles. The van der Waals surface area contributed by atoms with E-state index in [1.165, 1.54) is 0 Å². The van der Waals surface area contributed by atoms with Gasteiger partial charge in [0.1, 0.15) is 17.4 Å². The van der Waals surface area contributed by atoms with Crippen LogP contribution in [0.2, 0.25) is 0 Å². The molecule has 120 valence electrons. The van der Waals surface area contributed by atoms with Gasteiger partial charge in [-0.2, -0.15) is 0 Å². The Bertz CT molecular complexity index is 413. The first kappa shape index (κ1) is 17.5. The van der Waals surface area contributed by atoms with E-state index in [1.54, 1.807) is 20.8 Å². The number of ether oxygens (including phenoxy) is 1. The number of ketones is 1. The van der Waals surface area contributed by atoms with Crippen LogP contribution in [-0.4, -0.2) is 46.0 Å². The summed E-state index contributed by atoms with van der Waals surface area (Å²) in [6, 6.07) is -0.761. The van der Waals surface area contributed by atoms with Crippen LogP contribution in [0.5, 0.6) is 0 Å². The number of likely N-dealkylation sites (tertiary alicyclic amines) is 1. The fraction of sp³-hybridized carbons (Fsp3) is 0.800. The smallest absolute Gasteiger partial charge is 0.408 e. The van der Waals surface area contributed by atoms with Gasteiger partial charge >= 0.3 is 12.1 Å². The van der Waals surface area contributed by atoms with Gasteiger partial charge in [-0.05, 0) is 39.5 Å². The molecule has 2 atom stereocenters. The summed E-state index contributed by atoms with van der Waals surface area (Å²) in [4.78, 5) is 35.9. The summed E-state index contributed by atoms with van der Waals surface area (Å²) in [5.74, 6) is -0.305. The van der Waals surface area contributed by atoms with E-state index >= 15 is 0 Å². The van der Waals surface area contributed by atoms with Gasteiger partial charge in [-0.15, -0.1) is 0 Å². The molecule has 0 aromatic rings. The van der Waals surface area contributed by atoms with Crippen molar-refractivity contribution in [2.75, 3.05) is 6.54 Å². The standard InChI is InChI=1S/C15H25NO5/c1-5-11(17)7-6-10-8-12(16(9-10)14(19)20)13(18)21-15(2,3)4/h10,12H,5-9H2,1-4H3,(H,19,20). The Morgan fingerprint density at radius 3 is 2.38 bits per heavy atom. The molecule has 6 heteroatoms. The molecule has 1 heterocycles. The van der Waals surface area contributed by atoms with E-state index < -0.39 is 23.7 Å². The molecule has 21 heavy (non-hydrogen) atoms. The highest BCUT2D eigenvalue weighted by molar-refractivity contribution is 5.82. The summed E-state index contributed by atoms with van der Waals surface area (Å²) in [6.07, 6.45) is 0.865. The van der Waals surface area contributed by atoms with Crippen LogP contribution in [0.1, 0.15) is 53.4 Å². The second-order valence-corrected chi connectivity index (χ2v) is 6.52. The molecule has 1 saturated heterocycles. The van der Waals surface area contributed by atoms with Crippen LogP contribution in [0.3, 0.4) is 0 Å². The molecule has 6 nitrogen and oxygen atoms in total. The molecular weight excluding hydrogens is 274 g/mol. The first-order valence-corrected chi connectivity index (χ1v) is 7.38. The molecule has 1 aliphatic heterocycles. The molecule has 0 radical (unpaired) electrons. The minimum atomic E-state index is -1.12. The molecule has 0 aliphatic carbocycles. The number of nitrogens with zero attached hydrogens (tertiary/aromatic N) is 1. The van der Waals surface area contributed by atoms with Crippen molar-refractivity contribution in [2.45, 2.75) is 65.0 Å². The van der Waals surface area contributed by atoms with E-state index in [1.807, 2.05) is 6.92 Å². The molecule has 0 aromatic heterocycles. The predicted molar refractivity (Wildman–Crippen MR) is 77.0 cm³/mol. The van der Waals surface area contributed by atoms with Crippen molar-refractivity contribution in [1.82, 2.24) is 4.90 Å². The van der Waals surface area contributed by atoms with Crippen LogP contribution < -0.4 is 0 Å². The number of carbonyl (C=O) groups is 3. The lowest BCUT2D eigenvalue weighted by molar-refractivity contribution is -0.159. The number of amides is 1. The number of hydrogen-bond donors (Lipinski definition) is 1. The van der Waals surface area contributed by atoms with Gasteiger partial charge in [-0.25, -0.2) is 9.59 Å². The van der Waals surface area contributed by atoms with Crippen LogP contribution >= 0.6 is 0 Å². The van der Waals surface area contributed by atoms with Gasteiger partial charge in [0.25, 0.3) is 0 Å². The summed E-state index contributed by atoms with van der Waals surface area (Å²) in [6.45, 7) is 7.35. The maximum absolute atomic E-state index is 12.1. The van der Waals surface area contributed by atoms with Gasteiger partial charge in [-0.1, -0.05) is 6.92 Å². The average Bonchev–Trinajstić information content (AvgIpc) is 2.78. The third-order valence-corrected chi connectivity index (χ3v) is 3.54. The lowest BCUT2D eigenvalue weighted by atomic mass is 9.98. The third-order valence-electron chi connectivity index (χ3n) is 3.54. The number of hydrogen-bond acceptors (Lipinski definition) is 4. The average molecular weight is 299 g/mol. The fourth-order valence-electron chi connectivity index (χ4n) is 2.48. The first-order chi connectivity index (χ1) is 9.64. The molecule has 1 aliphatic rings. The number of carbonyl (C=O) groups excluding carboxylic acids is 2. The number of carboxylic acid groups (broad SMARTS) is 1. The highest BCUT2D eigenvalue weighted by Crippen LogP contribution is 2.29. The maximum atomic E-state index is 12.1. The van der Waals surface area contributed by atoms with Crippen LogP contribution in [0.15, 0.2) is 0 Å². The van der Waals surface area contributed by atoms with Crippen molar-refractivity contribution < 1.29 is 24.2 Å². The lowest BCUT2D eigenvalue weighted by Crippen LogP contribution is -2.42. The highest BCUT2D eigenvalue weighted by Gasteiger charge is 2.41. The van der Waals surface area contributed by atoms with Gasteiger partial charge in [-0.3, -0.25) is 9.69 Å². The van der Waals surface area contributed by atoms with Gasteiger partial charge in [0.05, 0.1) is 0 Å². The van der Waals surface area contributed by atoms with E-state index in [0.29, 0.717) is 25.7 Å². The second kappa shape index (κ2) is 6.91. The molecular formula is C15H25NO5. The zero-order valence-corrected chi connectivity index (χ0v) is 13.2. The molecule has 0 bridgehead atoms. The van der Waals surface area contributed by atoms with Crippen LogP contribution in [0.25, 0.3) is 0 Å². The summed E-state index contributed by atoms with van der Waals surface area (Å²) in [5.41, 5.74) is -0.641. The first-order valence-electron chi connectivity index (χ1n) is 7.38. The van der Waals surface area contributed by atoms with Crippen molar-refractivity contribution in [3.05, 3.63) is 0 Å². The monoisotopic (exact) mass is 299 g/mol. The van der Waals surface area contributed by atoms with Crippen molar-refractivity contribution >= 4 is 17.8 Å². The molecule has 1 rings (SSSR count). The Labute approximate surface area is 125 Å². The van der Waals surface area contributed by atoms with Crippen molar-refractivity contribution in [3.8, 4) is 0 Å². The van der Waals surface area contributed by atoms with Crippen molar-refractivity contribution in [2.24, 2.45) is 5.92 Å². The summed E-state index contributed by atoms with van der Waals surface area (Å²) < 4.78 is 5.29. The lowest BCUT2D eigenvalue weighted by Gasteiger charge is -2.25. The molecule has 0 spiro atoms. The Kier molecular flexibility index (Phi) is 5.75. The van der Waals surface area contributed by atoms with E-state index in [9.17, 15) is 19.5 Å². The molecule has 1 amide bonds. The fourth-order valence-corrected chi connectivity index (χ4v) is 2.48. The van der Waals surface area contributed by atoms with E-state index in [4.69, 9.17) is 4.74 Å². The quantitative estimate of drug-likeness (QED) is 0.788. The minimum Gasteiger partial charge on any atom is -0.465 e. The number of rotatable bonds is 5. The molecule has 2 unspecified atom stereocenters. The normalized spacial score (nSPS) is 22.2. The molecule has 1 fully saturated rings. The Morgan fingerprint density at radius 1 is 1.29 bits per heavy atom. The summed E-state index contributed by atoms with van der Waals surface area (Å²) in [5, 5.41) is 9.22. The number of Topliss-reactive ketones (excluding diaryl/α,β-unsaturated/α-hetero) is 1. The zero-order chi connectivity index (χ0) is 16.2. The van der Waals surface area contributed by atoms with E-state index in [0.717, 1.165) is 4.90 Å². The Balaban J connectivity index is 2.67. The highest BCUT2D eigenvalue weighted by atomic mass is 16.6. The Hall–Kier alpha value is -1.59. The van der Waals surface area contributed by atoms with Crippen LogP contribution in [0.4, 0.5) is 4.79 Å². The van der Waals surface area contributed by atoms with Crippen LogP contribution in [0, 0.1) is 5.92 Å². The SMILES string of the molecule is CCC(=O)CCC1CC(C(=O)OC(C)(C)C)N(C(=O)O)C1. The second-order valence-electron chi connectivity index (χ2n) is 6.52. The largest absolute Gasteiger partial charge is 0.465 e.